The van der Waals surface area contributed by atoms with E-state index in [2.05, 4.69) is 9.80 Å². The highest BCUT2D eigenvalue weighted by Gasteiger charge is 2.12. The lowest BCUT2D eigenvalue weighted by molar-refractivity contribution is 0.00206. The first-order valence-electron chi connectivity index (χ1n) is 9.21. The summed E-state index contributed by atoms with van der Waals surface area (Å²) in [6, 6.07) is 0. The fourth-order valence-corrected chi connectivity index (χ4v) is 3.01. The molecule has 136 valence electrons. The Hall–Kier alpha value is -0.240. The van der Waals surface area contributed by atoms with E-state index < -0.39 is 0 Å². The van der Waals surface area contributed by atoms with Crippen LogP contribution in [0, 0.1) is 0 Å². The molecule has 0 amide bonds. The Morgan fingerprint density at radius 2 is 0.870 bits per heavy atom. The number of hydrogen-bond acceptors (Lipinski definition) is 6. The first-order chi connectivity index (χ1) is 11.4. The summed E-state index contributed by atoms with van der Waals surface area (Å²) in [7, 11) is 0. The molecule has 2 aliphatic rings. The summed E-state index contributed by atoms with van der Waals surface area (Å²) in [6.45, 7) is 12.3. The molecule has 2 rings (SSSR count). The molecule has 0 aromatic carbocycles. The van der Waals surface area contributed by atoms with E-state index in [1.54, 1.807) is 0 Å². The molecule has 6 nitrogen and oxygen atoms in total. The zero-order valence-electron chi connectivity index (χ0n) is 14.5. The lowest BCUT2D eigenvalue weighted by Gasteiger charge is -2.23. The van der Waals surface area contributed by atoms with Gasteiger partial charge in [0.15, 0.2) is 0 Å². The molecule has 2 heterocycles. The van der Waals surface area contributed by atoms with Crippen molar-refractivity contribution in [3.63, 3.8) is 0 Å². The minimum atomic E-state index is 0.631. The average Bonchev–Trinajstić information content (AvgIpc) is 3.06. The SMILES string of the molecule is C1CCN(CCCN2CCOCCOCCOCCOCC2)C1. The van der Waals surface area contributed by atoms with E-state index in [1.165, 1.54) is 38.9 Å². The number of rotatable bonds is 4. The number of likely N-dealkylation sites (tertiary alicyclic amines) is 1. The smallest absolute Gasteiger partial charge is 0.0701 e. The van der Waals surface area contributed by atoms with Gasteiger partial charge in [0.05, 0.1) is 52.9 Å². The molecule has 2 saturated heterocycles. The van der Waals surface area contributed by atoms with Gasteiger partial charge < -0.3 is 23.8 Å². The fraction of sp³-hybridized carbons (Fsp3) is 1.00. The Labute approximate surface area is 141 Å². The summed E-state index contributed by atoms with van der Waals surface area (Å²) in [6.07, 6.45) is 3.97. The van der Waals surface area contributed by atoms with Crippen molar-refractivity contribution in [1.29, 1.82) is 0 Å². The zero-order valence-corrected chi connectivity index (χ0v) is 14.5. The molecule has 0 spiro atoms. The first-order valence-corrected chi connectivity index (χ1v) is 9.21. The minimum absolute atomic E-state index is 0.631. The van der Waals surface area contributed by atoms with Gasteiger partial charge in [-0.25, -0.2) is 0 Å². The van der Waals surface area contributed by atoms with Crippen LogP contribution in [0.3, 0.4) is 0 Å². The second kappa shape index (κ2) is 13.1. The van der Waals surface area contributed by atoms with Crippen molar-refractivity contribution < 1.29 is 18.9 Å². The topological polar surface area (TPSA) is 43.4 Å². The molecule has 0 atom stereocenters. The molecule has 0 aromatic rings. The highest BCUT2D eigenvalue weighted by molar-refractivity contribution is 4.67. The maximum Gasteiger partial charge on any atom is 0.0701 e. The van der Waals surface area contributed by atoms with E-state index in [1.807, 2.05) is 0 Å². The Balaban J connectivity index is 1.62. The summed E-state index contributed by atoms with van der Waals surface area (Å²) in [5.74, 6) is 0. The summed E-state index contributed by atoms with van der Waals surface area (Å²) in [4.78, 5) is 5.03. The van der Waals surface area contributed by atoms with Gasteiger partial charge in [0.2, 0.25) is 0 Å². The van der Waals surface area contributed by atoms with Crippen LogP contribution in [-0.2, 0) is 18.9 Å². The van der Waals surface area contributed by atoms with Gasteiger partial charge in [-0.3, -0.25) is 4.90 Å². The third kappa shape index (κ3) is 9.59. The van der Waals surface area contributed by atoms with Gasteiger partial charge in [-0.15, -0.1) is 0 Å². The highest BCUT2D eigenvalue weighted by atomic mass is 16.6. The second-order valence-corrected chi connectivity index (χ2v) is 6.19. The normalized spacial score (nSPS) is 25.0. The first kappa shape index (κ1) is 19.1. The Kier molecular flexibility index (Phi) is 10.9. The Bertz CT molecular complexity index is 259. The van der Waals surface area contributed by atoms with Gasteiger partial charge in [0, 0.05) is 13.1 Å². The molecule has 0 N–H and O–H groups in total. The minimum Gasteiger partial charge on any atom is -0.378 e. The molecule has 0 saturated carbocycles. The third-order valence-corrected chi connectivity index (χ3v) is 4.37. The molecule has 2 aliphatic heterocycles. The van der Waals surface area contributed by atoms with Gasteiger partial charge in [0.1, 0.15) is 0 Å². The van der Waals surface area contributed by atoms with Crippen LogP contribution in [0.25, 0.3) is 0 Å². The van der Waals surface area contributed by atoms with E-state index in [0.717, 1.165) is 32.8 Å². The molecule has 0 bridgehead atoms. The van der Waals surface area contributed by atoms with Crippen LogP contribution in [0.5, 0.6) is 0 Å². The maximum atomic E-state index is 5.66. The summed E-state index contributed by atoms with van der Waals surface area (Å²) >= 11 is 0. The maximum absolute atomic E-state index is 5.66. The molecule has 6 heteroatoms. The van der Waals surface area contributed by atoms with Gasteiger partial charge in [-0.05, 0) is 45.4 Å². The van der Waals surface area contributed by atoms with Crippen molar-refractivity contribution in [1.82, 2.24) is 9.80 Å². The molecule has 2 fully saturated rings. The molecular formula is C17H34N2O4. The summed E-state index contributed by atoms with van der Waals surface area (Å²) in [5, 5.41) is 0. The largest absolute Gasteiger partial charge is 0.378 e. The van der Waals surface area contributed by atoms with Crippen LogP contribution in [0.2, 0.25) is 0 Å². The molecule has 23 heavy (non-hydrogen) atoms. The number of nitrogens with zero attached hydrogens (tertiary/aromatic N) is 2. The van der Waals surface area contributed by atoms with Crippen LogP contribution in [-0.4, -0.2) is 102 Å². The van der Waals surface area contributed by atoms with Gasteiger partial charge in [0.25, 0.3) is 0 Å². The molecule has 0 aliphatic carbocycles. The van der Waals surface area contributed by atoms with Crippen molar-refractivity contribution in [2.24, 2.45) is 0 Å². The van der Waals surface area contributed by atoms with Crippen LogP contribution in [0.15, 0.2) is 0 Å². The number of hydrogen-bond donors (Lipinski definition) is 0. The van der Waals surface area contributed by atoms with Gasteiger partial charge >= 0.3 is 0 Å². The van der Waals surface area contributed by atoms with Crippen molar-refractivity contribution in [3.8, 4) is 0 Å². The lowest BCUT2D eigenvalue weighted by atomic mass is 10.3. The van der Waals surface area contributed by atoms with Crippen molar-refractivity contribution in [2.75, 3.05) is 92.1 Å². The Morgan fingerprint density at radius 1 is 0.478 bits per heavy atom. The summed E-state index contributed by atoms with van der Waals surface area (Å²) < 4.78 is 22.2. The standard InChI is InChI=1S/C17H34N2O4/c1-2-5-18(4-1)6-3-7-19-8-10-20-12-14-22-16-17-23-15-13-21-11-9-19/h1-17H2. The molecular weight excluding hydrogens is 296 g/mol. The predicted octanol–water partition coefficient (Wildman–Crippen LogP) is 0.854. The second-order valence-electron chi connectivity index (χ2n) is 6.19. The fourth-order valence-electron chi connectivity index (χ4n) is 3.01. The molecule has 0 radical (unpaired) electrons. The van der Waals surface area contributed by atoms with E-state index in [-0.39, 0.29) is 0 Å². The average molecular weight is 330 g/mol. The summed E-state index contributed by atoms with van der Waals surface area (Å²) in [5.41, 5.74) is 0. The monoisotopic (exact) mass is 330 g/mol. The third-order valence-electron chi connectivity index (χ3n) is 4.37. The van der Waals surface area contributed by atoms with Crippen molar-refractivity contribution >= 4 is 0 Å². The van der Waals surface area contributed by atoms with Crippen molar-refractivity contribution in [2.45, 2.75) is 19.3 Å². The lowest BCUT2D eigenvalue weighted by Crippen LogP contribution is -2.34. The molecule has 0 aromatic heterocycles. The quantitative estimate of drug-likeness (QED) is 0.762. The molecule has 0 unspecified atom stereocenters. The highest BCUT2D eigenvalue weighted by Crippen LogP contribution is 2.07. The van der Waals surface area contributed by atoms with E-state index in [9.17, 15) is 0 Å². The van der Waals surface area contributed by atoms with Crippen LogP contribution < -0.4 is 0 Å². The van der Waals surface area contributed by atoms with E-state index in [4.69, 9.17) is 18.9 Å². The van der Waals surface area contributed by atoms with E-state index in [0.29, 0.717) is 39.6 Å². The Morgan fingerprint density at radius 3 is 1.35 bits per heavy atom. The number of ether oxygens (including phenoxy) is 4. The van der Waals surface area contributed by atoms with Gasteiger partial charge in [-0.1, -0.05) is 0 Å². The van der Waals surface area contributed by atoms with Crippen LogP contribution in [0.4, 0.5) is 0 Å². The van der Waals surface area contributed by atoms with E-state index >= 15 is 0 Å². The van der Waals surface area contributed by atoms with Crippen LogP contribution >= 0.6 is 0 Å². The van der Waals surface area contributed by atoms with Crippen molar-refractivity contribution in [3.05, 3.63) is 0 Å². The van der Waals surface area contributed by atoms with Crippen LogP contribution in [0.1, 0.15) is 19.3 Å². The van der Waals surface area contributed by atoms with Gasteiger partial charge in [-0.2, -0.15) is 0 Å². The predicted molar refractivity (Wildman–Crippen MR) is 90.0 cm³/mol. The zero-order chi connectivity index (χ0) is 16.0.